The molecule has 6 N–H and O–H groups in total. The van der Waals surface area contributed by atoms with Crippen molar-refractivity contribution in [1.82, 2.24) is 25.3 Å². The van der Waals surface area contributed by atoms with E-state index in [1.54, 1.807) is 0 Å². The highest BCUT2D eigenvalue weighted by atomic mass is 16.1. The molecule has 5 rings (SSSR count). The smallest absolute Gasteiger partial charge is 0.253 e. The second kappa shape index (κ2) is 10.4. The molecule has 0 spiro atoms. The number of hydrogen-bond acceptors (Lipinski definition) is 9. The van der Waals surface area contributed by atoms with Gasteiger partial charge >= 0.3 is 0 Å². The molecule has 1 amide bonds. The Morgan fingerprint density at radius 3 is 2.03 bits per heavy atom. The van der Waals surface area contributed by atoms with Crippen LogP contribution in [-0.2, 0) is 0 Å². The van der Waals surface area contributed by atoms with Crippen LogP contribution in [0, 0.1) is 0 Å². The Labute approximate surface area is 203 Å². The molecule has 10 heteroatoms. The van der Waals surface area contributed by atoms with Crippen LogP contribution in [0.2, 0.25) is 0 Å². The monoisotopic (exact) mass is 471 g/mol. The molecule has 1 aliphatic rings. The zero-order valence-electron chi connectivity index (χ0n) is 19.5. The van der Waals surface area contributed by atoms with Crippen molar-refractivity contribution >= 4 is 51.2 Å². The summed E-state index contributed by atoms with van der Waals surface area (Å²) in [4.78, 5) is 30.6. The van der Waals surface area contributed by atoms with Gasteiger partial charge in [0.2, 0.25) is 17.8 Å². The first-order valence-corrected chi connectivity index (χ1v) is 12.0. The summed E-state index contributed by atoms with van der Waals surface area (Å²) in [5, 5.41) is 15.0. The maximum atomic E-state index is 13.1. The van der Waals surface area contributed by atoms with Crippen molar-refractivity contribution in [3.8, 4) is 0 Å². The van der Waals surface area contributed by atoms with Crippen molar-refractivity contribution in [1.29, 1.82) is 0 Å². The van der Waals surface area contributed by atoms with Crippen LogP contribution in [0.25, 0.3) is 21.8 Å². The van der Waals surface area contributed by atoms with Crippen LogP contribution >= 0.6 is 0 Å². The van der Waals surface area contributed by atoms with Crippen LogP contribution in [0.15, 0.2) is 42.5 Å². The van der Waals surface area contributed by atoms with Crippen molar-refractivity contribution in [2.24, 2.45) is 0 Å². The minimum atomic E-state index is -0.118. The number of nitrogens with one attached hydrogen (secondary N) is 4. The molecule has 0 unspecified atom stereocenters. The summed E-state index contributed by atoms with van der Waals surface area (Å²) in [7, 11) is 0. The fraction of sp³-hybridized carbons (Fsp3) is 0.320. The van der Waals surface area contributed by atoms with Gasteiger partial charge in [-0.3, -0.25) is 4.79 Å². The molecule has 4 aromatic rings. The number of fused-ring (bicyclic) bond motifs is 4. The number of nitrogen functional groups attached to an aromatic ring is 1. The van der Waals surface area contributed by atoms with Crippen LogP contribution in [0.5, 0.6) is 0 Å². The van der Waals surface area contributed by atoms with Crippen LogP contribution in [0.4, 0.5) is 23.5 Å². The van der Waals surface area contributed by atoms with Crippen LogP contribution < -0.4 is 27.0 Å². The number of aromatic nitrogens is 4. The number of para-hydroxylation sites is 2. The summed E-state index contributed by atoms with van der Waals surface area (Å²) in [5.74, 6) is 0.972. The molecule has 1 aliphatic heterocycles. The van der Waals surface area contributed by atoms with Gasteiger partial charge in [-0.15, -0.1) is 0 Å². The number of carbonyl (C=O) groups is 1. The molecule has 0 radical (unpaired) electrons. The number of hydrogen-bond donors (Lipinski definition) is 5. The number of anilines is 4. The van der Waals surface area contributed by atoms with Crippen molar-refractivity contribution in [2.45, 2.75) is 25.7 Å². The molecule has 0 atom stereocenters. The van der Waals surface area contributed by atoms with Gasteiger partial charge in [0.15, 0.2) is 0 Å². The topological polar surface area (TPSA) is 143 Å². The molecule has 35 heavy (non-hydrogen) atoms. The van der Waals surface area contributed by atoms with Gasteiger partial charge in [0.1, 0.15) is 0 Å². The zero-order chi connectivity index (χ0) is 24.0. The number of nitrogens with two attached hydrogens (primary N) is 1. The van der Waals surface area contributed by atoms with E-state index >= 15 is 0 Å². The Bertz CT molecular complexity index is 1360. The molecular weight excluding hydrogens is 442 g/mol. The summed E-state index contributed by atoms with van der Waals surface area (Å²) in [6, 6.07) is 13.8. The van der Waals surface area contributed by atoms with E-state index in [9.17, 15) is 4.79 Å². The predicted octanol–water partition coefficient (Wildman–Crippen LogP) is 3.39. The van der Waals surface area contributed by atoms with Crippen molar-refractivity contribution in [3.05, 3.63) is 48.0 Å². The average molecular weight is 472 g/mol. The third-order valence-electron chi connectivity index (χ3n) is 5.97. The van der Waals surface area contributed by atoms with Gasteiger partial charge in [-0.1, -0.05) is 30.3 Å². The minimum Gasteiger partial charge on any atom is -0.384 e. The van der Waals surface area contributed by atoms with E-state index in [1.165, 1.54) is 0 Å². The second-order valence-electron chi connectivity index (χ2n) is 8.50. The maximum Gasteiger partial charge on any atom is 0.253 e. The number of carbonyl (C=O) groups excluding carboxylic acids is 1. The number of nitrogens with zero attached hydrogens (tertiary/aromatic N) is 4. The van der Waals surface area contributed by atoms with Gasteiger partial charge in [-0.2, -0.15) is 15.0 Å². The first kappa shape index (κ1) is 22.6. The maximum absolute atomic E-state index is 13.1. The van der Waals surface area contributed by atoms with Crippen LogP contribution in [-0.4, -0.2) is 52.0 Å². The third kappa shape index (κ3) is 5.16. The van der Waals surface area contributed by atoms with Gasteiger partial charge < -0.3 is 27.0 Å². The van der Waals surface area contributed by atoms with E-state index < -0.39 is 0 Å². The van der Waals surface area contributed by atoms with Crippen LogP contribution in [0.1, 0.15) is 36.0 Å². The highest BCUT2D eigenvalue weighted by Gasteiger charge is 2.16. The highest BCUT2D eigenvalue weighted by Crippen LogP contribution is 2.32. The third-order valence-corrected chi connectivity index (χ3v) is 5.97. The molecule has 6 bridgehead atoms. The lowest BCUT2D eigenvalue weighted by Crippen LogP contribution is -2.25. The molecular formula is C25H29N9O. The second-order valence-corrected chi connectivity index (χ2v) is 8.50. The largest absolute Gasteiger partial charge is 0.384 e. The summed E-state index contributed by atoms with van der Waals surface area (Å²) in [6.07, 6.45) is 3.48. The first-order chi connectivity index (χ1) is 17.2. The van der Waals surface area contributed by atoms with E-state index in [0.717, 1.165) is 54.2 Å². The van der Waals surface area contributed by atoms with Gasteiger partial charge in [0.25, 0.3) is 5.91 Å². The fourth-order valence-electron chi connectivity index (χ4n) is 4.25. The average Bonchev–Trinajstić information content (AvgIpc) is 2.86. The molecule has 180 valence electrons. The molecule has 0 saturated carbocycles. The SMILES string of the molecule is Nc1nc2nc(n1)NCCCCNc1c3ccccc3nc3c(cccc13)C(=O)NCCCCN2. The number of amides is 1. The number of rotatable bonds is 0. The predicted molar refractivity (Wildman–Crippen MR) is 140 cm³/mol. The van der Waals surface area contributed by atoms with E-state index in [0.29, 0.717) is 42.6 Å². The lowest BCUT2D eigenvalue weighted by molar-refractivity contribution is 0.0954. The van der Waals surface area contributed by atoms with Crippen molar-refractivity contribution in [2.75, 3.05) is 47.9 Å². The molecule has 3 heterocycles. The van der Waals surface area contributed by atoms with Gasteiger partial charge in [-0.05, 0) is 37.8 Å². The van der Waals surface area contributed by atoms with Crippen molar-refractivity contribution < 1.29 is 4.79 Å². The number of benzene rings is 2. The summed E-state index contributed by atoms with van der Waals surface area (Å²) >= 11 is 0. The lowest BCUT2D eigenvalue weighted by Gasteiger charge is -2.15. The standard InChI is InChI=1S/C25H29N9O/c26-23-32-24-29-14-5-3-12-27-20-16-8-1-2-11-19(16)31-21-17(20)9-7-10-18(21)22(35)28-13-4-6-15-30-25(33-23)34-24/h1-2,7-11,27H,3-6,12-15H2,(H,28,35)(H4,26,29,30,32,33,34). The fourth-order valence-corrected chi connectivity index (χ4v) is 4.25. The zero-order valence-corrected chi connectivity index (χ0v) is 19.5. The summed E-state index contributed by atoms with van der Waals surface area (Å²) in [6.45, 7) is 2.71. The van der Waals surface area contributed by atoms with Gasteiger partial charge in [-0.25, -0.2) is 4.98 Å². The Kier molecular flexibility index (Phi) is 6.69. The van der Waals surface area contributed by atoms with E-state index in [2.05, 4.69) is 42.3 Å². The Balaban J connectivity index is 1.44. The minimum absolute atomic E-state index is 0.118. The van der Waals surface area contributed by atoms with Crippen molar-refractivity contribution in [3.63, 3.8) is 0 Å². The molecule has 0 fully saturated rings. The molecule has 0 aliphatic carbocycles. The van der Waals surface area contributed by atoms with E-state index in [4.69, 9.17) is 10.7 Å². The van der Waals surface area contributed by atoms with Gasteiger partial charge in [0, 0.05) is 37.0 Å². The number of pyridine rings is 1. The Hall–Kier alpha value is -4.21. The molecule has 10 nitrogen and oxygen atoms in total. The summed E-state index contributed by atoms with van der Waals surface area (Å²) in [5.41, 5.74) is 9.00. The Morgan fingerprint density at radius 1 is 0.657 bits per heavy atom. The van der Waals surface area contributed by atoms with Gasteiger partial charge in [0.05, 0.1) is 22.3 Å². The van der Waals surface area contributed by atoms with E-state index in [-0.39, 0.29) is 11.9 Å². The normalized spacial score (nSPS) is 15.6. The lowest BCUT2D eigenvalue weighted by atomic mass is 10.0. The molecule has 2 aromatic heterocycles. The highest BCUT2D eigenvalue weighted by molar-refractivity contribution is 6.14. The first-order valence-electron chi connectivity index (χ1n) is 12.0. The van der Waals surface area contributed by atoms with E-state index in [1.807, 2.05) is 36.4 Å². The molecule has 2 aromatic carbocycles. The Morgan fingerprint density at radius 2 is 1.29 bits per heavy atom. The summed E-state index contributed by atoms with van der Waals surface area (Å²) < 4.78 is 0. The quantitative estimate of drug-likeness (QED) is 0.244. The molecule has 0 saturated heterocycles. The van der Waals surface area contributed by atoms with Crippen LogP contribution in [0.3, 0.4) is 0 Å².